The molecule has 0 aromatic carbocycles. The van der Waals surface area contributed by atoms with Gasteiger partial charge in [0.15, 0.2) is 16.5 Å². The summed E-state index contributed by atoms with van der Waals surface area (Å²) in [5.74, 6) is 0.683. The summed E-state index contributed by atoms with van der Waals surface area (Å²) in [6.07, 6.45) is 3.32. The summed E-state index contributed by atoms with van der Waals surface area (Å²) in [6.45, 7) is 7.28. The third kappa shape index (κ3) is 4.88. The minimum atomic E-state index is -3.98. The molecule has 0 saturated heterocycles. The van der Waals surface area contributed by atoms with Crippen molar-refractivity contribution < 1.29 is 17.9 Å². The molecule has 0 radical (unpaired) electrons. The molecule has 36 heavy (non-hydrogen) atoms. The number of nitrogens with zero attached hydrogens (tertiary/aromatic N) is 7. The van der Waals surface area contributed by atoms with Crippen LogP contribution in [0.2, 0.25) is 0 Å². The minimum absolute atomic E-state index is 0.0697. The van der Waals surface area contributed by atoms with Crippen LogP contribution < -0.4 is 10.0 Å². The zero-order valence-electron chi connectivity index (χ0n) is 20.7. The van der Waals surface area contributed by atoms with Gasteiger partial charge in [0.1, 0.15) is 12.5 Å². The lowest BCUT2D eigenvalue weighted by atomic mass is 10.1. The molecule has 0 spiro atoms. The van der Waals surface area contributed by atoms with Gasteiger partial charge in [0.25, 0.3) is 0 Å². The highest BCUT2D eigenvalue weighted by Crippen LogP contribution is 2.31. The van der Waals surface area contributed by atoms with Gasteiger partial charge in [-0.2, -0.15) is 0 Å². The second-order valence-corrected chi connectivity index (χ2v) is 11.0. The van der Waals surface area contributed by atoms with E-state index in [4.69, 9.17) is 9.47 Å². The summed E-state index contributed by atoms with van der Waals surface area (Å²) in [5.41, 5.74) is 1.98. The van der Waals surface area contributed by atoms with Gasteiger partial charge in [0.2, 0.25) is 27.8 Å². The molecule has 4 rings (SSSR count). The lowest BCUT2D eigenvalue weighted by molar-refractivity contribution is 0.259. The maximum absolute atomic E-state index is 13.5. The number of methoxy groups -OCH3 is 2. The van der Waals surface area contributed by atoms with Crippen molar-refractivity contribution in [3.63, 3.8) is 0 Å². The molecule has 15 heteroatoms. The van der Waals surface area contributed by atoms with Crippen molar-refractivity contribution in [1.82, 2.24) is 35.0 Å². The molecule has 3 aromatic rings. The molecule has 0 bridgehead atoms. The molecule has 2 N–H and O–H groups in total. The normalized spacial score (nSPS) is 15.7. The van der Waals surface area contributed by atoms with E-state index in [2.05, 4.69) is 40.2 Å². The first kappa shape index (κ1) is 25.5. The highest BCUT2D eigenvalue weighted by molar-refractivity contribution is 7.93. The second kappa shape index (κ2) is 10.2. The van der Waals surface area contributed by atoms with Gasteiger partial charge in [-0.15, -0.1) is 21.5 Å². The summed E-state index contributed by atoms with van der Waals surface area (Å²) in [6, 6.07) is 0. The van der Waals surface area contributed by atoms with Gasteiger partial charge in [-0.25, -0.2) is 32.9 Å². The Kier molecular flexibility index (Phi) is 7.21. The van der Waals surface area contributed by atoms with E-state index in [0.717, 1.165) is 11.3 Å². The molecule has 4 heterocycles. The van der Waals surface area contributed by atoms with Crippen LogP contribution in [-0.4, -0.2) is 70.2 Å². The van der Waals surface area contributed by atoms with Crippen LogP contribution in [0.3, 0.4) is 0 Å². The summed E-state index contributed by atoms with van der Waals surface area (Å²) in [4.78, 5) is 17.4. The number of ether oxygens (including phenoxy) is 2. The fourth-order valence-electron chi connectivity index (χ4n) is 3.46. The number of hydrogen-bond donors (Lipinski definition) is 2. The van der Waals surface area contributed by atoms with Crippen LogP contribution in [0.4, 0.5) is 5.95 Å². The number of hydrogen-bond acceptors (Lipinski definition) is 12. The van der Waals surface area contributed by atoms with Crippen molar-refractivity contribution in [3.8, 4) is 10.8 Å². The van der Waals surface area contributed by atoms with Gasteiger partial charge in [-0.05, 0) is 26.3 Å². The first-order chi connectivity index (χ1) is 17.2. The molecule has 1 aliphatic heterocycles. The molecule has 13 nitrogen and oxygen atoms in total. The topological polar surface area (TPSA) is 158 Å². The fourth-order valence-corrected chi connectivity index (χ4v) is 5.46. The van der Waals surface area contributed by atoms with Gasteiger partial charge in [0.05, 0.1) is 19.5 Å². The minimum Gasteiger partial charge on any atom is -0.481 e. The highest BCUT2D eigenvalue weighted by atomic mass is 32.2. The van der Waals surface area contributed by atoms with Crippen LogP contribution in [-0.2, 0) is 19.5 Å². The monoisotopic (exact) mass is 533 g/mol. The van der Waals surface area contributed by atoms with Crippen LogP contribution in [0, 0.1) is 13.8 Å². The Labute approximate surface area is 212 Å². The Bertz CT molecular complexity index is 1410. The van der Waals surface area contributed by atoms with Crippen LogP contribution in [0.25, 0.3) is 16.5 Å². The van der Waals surface area contributed by atoms with Crippen LogP contribution >= 0.6 is 11.3 Å². The maximum atomic E-state index is 13.5. The van der Waals surface area contributed by atoms with E-state index in [-0.39, 0.29) is 18.5 Å². The quantitative estimate of drug-likeness (QED) is 0.439. The number of thiazole rings is 1. The lowest BCUT2D eigenvalue weighted by Crippen LogP contribution is -2.33. The van der Waals surface area contributed by atoms with Crippen LogP contribution in [0.5, 0.6) is 0 Å². The third-order valence-corrected chi connectivity index (χ3v) is 8.42. The van der Waals surface area contributed by atoms with Crippen molar-refractivity contribution in [2.45, 2.75) is 38.9 Å². The molecule has 1 aliphatic rings. The number of aryl methyl sites for hydroxylation is 2. The van der Waals surface area contributed by atoms with Gasteiger partial charge in [-0.3, -0.25) is 4.72 Å². The van der Waals surface area contributed by atoms with Crippen molar-refractivity contribution in [2.75, 3.05) is 25.6 Å². The highest BCUT2D eigenvalue weighted by Gasteiger charge is 2.34. The lowest BCUT2D eigenvalue weighted by Gasteiger charge is -2.23. The number of sulfonamides is 1. The average Bonchev–Trinajstić information content (AvgIpc) is 3.48. The Hall–Kier alpha value is -3.59. The van der Waals surface area contributed by atoms with E-state index in [1.165, 1.54) is 30.1 Å². The number of rotatable bonds is 8. The smallest absolute Gasteiger partial charge is 0.243 e. The van der Waals surface area contributed by atoms with Crippen LogP contribution in [0.1, 0.15) is 36.8 Å². The van der Waals surface area contributed by atoms with E-state index in [1.807, 2.05) is 19.2 Å². The Morgan fingerprint density at radius 3 is 2.47 bits per heavy atom. The molecule has 0 unspecified atom stereocenters. The molecule has 3 aromatic heterocycles. The Morgan fingerprint density at radius 2 is 1.86 bits per heavy atom. The molecule has 0 saturated carbocycles. The zero-order chi connectivity index (χ0) is 26.0. The second-order valence-electron chi connectivity index (χ2n) is 8.12. The van der Waals surface area contributed by atoms with Crippen molar-refractivity contribution >= 4 is 38.9 Å². The number of aliphatic imine (C=N–C) groups is 1. The van der Waals surface area contributed by atoms with Gasteiger partial charge < -0.3 is 14.8 Å². The van der Waals surface area contributed by atoms with E-state index in [0.29, 0.717) is 28.2 Å². The van der Waals surface area contributed by atoms with E-state index < -0.39 is 21.2 Å². The number of anilines is 1. The molecular formula is C21H27N9O4S2. The Morgan fingerprint density at radius 1 is 1.14 bits per heavy atom. The predicted octanol–water partition coefficient (Wildman–Crippen LogP) is 2.12. The fraction of sp³-hybridized carbons (Fsp3) is 0.429. The average molecular weight is 534 g/mol. The first-order valence-electron chi connectivity index (χ1n) is 11.0. The van der Waals surface area contributed by atoms with Crippen molar-refractivity contribution in [3.05, 3.63) is 40.7 Å². The van der Waals surface area contributed by atoms with Crippen molar-refractivity contribution in [1.29, 1.82) is 0 Å². The standard InChI is InChI=1S/C21H27N9O4S2/c1-11-7-22-16(23-8-11)13(3)14(4)36(31,32)29-21-28-27-17(20-26-12(2)9-35-20)30(21)15-18(33-5)24-10-25-19(15)34-6/h7-9,13-14,24H,10H2,1-6H3,(H,28,29)/t13-,14-/m0/s1. The van der Waals surface area contributed by atoms with Gasteiger partial charge in [0, 0.05) is 29.4 Å². The molecule has 0 aliphatic carbocycles. The van der Waals surface area contributed by atoms with E-state index in [9.17, 15) is 8.42 Å². The summed E-state index contributed by atoms with van der Waals surface area (Å²) in [7, 11) is -1.04. The zero-order valence-corrected chi connectivity index (χ0v) is 22.3. The van der Waals surface area contributed by atoms with Crippen molar-refractivity contribution in [2.24, 2.45) is 4.99 Å². The molecule has 0 amide bonds. The van der Waals surface area contributed by atoms with E-state index >= 15 is 0 Å². The van der Waals surface area contributed by atoms with Gasteiger partial charge in [-0.1, -0.05) is 6.92 Å². The molecule has 2 atom stereocenters. The summed E-state index contributed by atoms with van der Waals surface area (Å²) in [5, 5.41) is 12.9. The van der Waals surface area contributed by atoms with Gasteiger partial charge >= 0.3 is 0 Å². The first-order valence-corrected chi connectivity index (χ1v) is 13.4. The SMILES string of the molecule is COC1=NCNC(OC)=C1n1c(NS(=O)(=O)[C@@H](C)[C@H](C)c2ncc(C)cn2)nnc1-c1nc(C)cs1. The molecule has 192 valence electrons. The predicted molar refractivity (Wildman–Crippen MR) is 136 cm³/mol. The summed E-state index contributed by atoms with van der Waals surface area (Å²) < 4.78 is 42.0. The largest absolute Gasteiger partial charge is 0.481 e. The van der Waals surface area contributed by atoms with Crippen LogP contribution in [0.15, 0.2) is 28.6 Å². The maximum Gasteiger partial charge on any atom is 0.243 e. The van der Waals surface area contributed by atoms with E-state index in [1.54, 1.807) is 26.2 Å². The number of nitrogens with one attached hydrogen (secondary N) is 2. The molecular weight excluding hydrogens is 506 g/mol. The number of aromatic nitrogens is 6. The Balaban J connectivity index is 1.79. The summed E-state index contributed by atoms with van der Waals surface area (Å²) >= 11 is 1.35. The third-order valence-electron chi connectivity index (χ3n) is 5.61. The molecule has 0 fully saturated rings.